The molecule has 0 aliphatic heterocycles. The van der Waals surface area contributed by atoms with Crippen LogP contribution in [0.2, 0.25) is 0 Å². The van der Waals surface area contributed by atoms with E-state index >= 15 is 0 Å². The zero-order chi connectivity index (χ0) is 6.20. The first-order valence-electron chi connectivity index (χ1n) is 2.55. The van der Waals surface area contributed by atoms with E-state index in [0.29, 0.717) is 0 Å². The monoisotopic (exact) mass is 108 g/mol. The number of nitriles is 1. The summed E-state index contributed by atoms with van der Waals surface area (Å²) in [6.45, 7) is 3.53. The van der Waals surface area contributed by atoms with Crippen molar-refractivity contribution in [3.05, 3.63) is 12.7 Å². The average Bonchev–Trinajstić information content (AvgIpc) is 2.44. The fourth-order valence-electron chi connectivity index (χ4n) is 0.727. The van der Waals surface area contributed by atoms with Crippen molar-refractivity contribution in [3.63, 3.8) is 0 Å². The molecule has 8 heavy (non-hydrogen) atoms. The maximum absolute atomic E-state index is 8.34. The molecule has 0 aromatic rings. The van der Waals surface area contributed by atoms with Gasteiger partial charge in [-0.3, -0.25) is 0 Å². The second-order valence-electron chi connectivity index (χ2n) is 2.20. The van der Waals surface area contributed by atoms with Gasteiger partial charge in [-0.2, -0.15) is 5.26 Å². The van der Waals surface area contributed by atoms with Crippen LogP contribution < -0.4 is 5.73 Å². The lowest BCUT2D eigenvalue weighted by atomic mass is 10.2. The highest BCUT2D eigenvalue weighted by molar-refractivity contribution is 5.26. The van der Waals surface area contributed by atoms with E-state index in [0.717, 1.165) is 6.42 Å². The molecule has 0 aromatic heterocycles. The van der Waals surface area contributed by atoms with Gasteiger partial charge in [-0.15, -0.1) is 6.58 Å². The lowest BCUT2D eigenvalue weighted by molar-refractivity contribution is 0.815. The van der Waals surface area contributed by atoms with Crippen molar-refractivity contribution in [3.8, 4) is 6.07 Å². The Labute approximate surface area is 48.6 Å². The number of hydrogen-bond donors (Lipinski definition) is 1. The molecule has 1 aliphatic carbocycles. The molecule has 0 bridgehead atoms. The minimum atomic E-state index is -0.554. The first kappa shape index (κ1) is 5.33. The Hall–Kier alpha value is -0.810. The molecule has 2 nitrogen and oxygen atoms in total. The van der Waals surface area contributed by atoms with Crippen LogP contribution in [0.3, 0.4) is 0 Å². The van der Waals surface area contributed by atoms with Crippen LogP contribution >= 0.6 is 0 Å². The van der Waals surface area contributed by atoms with Crippen molar-refractivity contribution in [2.75, 3.05) is 0 Å². The Morgan fingerprint density at radius 1 is 2.00 bits per heavy atom. The van der Waals surface area contributed by atoms with Crippen LogP contribution in [0.1, 0.15) is 6.42 Å². The fourth-order valence-corrected chi connectivity index (χ4v) is 0.727. The molecule has 42 valence electrons. The Kier molecular flexibility index (Phi) is 0.887. The molecular weight excluding hydrogens is 100 g/mol. The SMILES string of the molecule is C=C[C@H]1C[C@@]1(N)C#N. The van der Waals surface area contributed by atoms with Gasteiger partial charge in [-0.25, -0.2) is 0 Å². The van der Waals surface area contributed by atoms with Gasteiger partial charge in [-0.05, 0) is 6.42 Å². The summed E-state index contributed by atoms with van der Waals surface area (Å²) in [5.74, 6) is 0.243. The highest BCUT2D eigenvalue weighted by Crippen LogP contribution is 2.40. The topological polar surface area (TPSA) is 49.8 Å². The van der Waals surface area contributed by atoms with Gasteiger partial charge in [0.05, 0.1) is 6.07 Å². The van der Waals surface area contributed by atoms with E-state index in [2.05, 4.69) is 6.58 Å². The maximum atomic E-state index is 8.34. The Morgan fingerprint density at radius 3 is 2.75 bits per heavy atom. The van der Waals surface area contributed by atoms with E-state index < -0.39 is 5.54 Å². The molecule has 0 aromatic carbocycles. The van der Waals surface area contributed by atoms with Gasteiger partial charge in [0.1, 0.15) is 5.54 Å². The van der Waals surface area contributed by atoms with Gasteiger partial charge in [0.2, 0.25) is 0 Å². The van der Waals surface area contributed by atoms with Gasteiger partial charge in [0, 0.05) is 5.92 Å². The summed E-state index contributed by atoms with van der Waals surface area (Å²) in [4.78, 5) is 0. The van der Waals surface area contributed by atoms with Gasteiger partial charge in [0.25, 0.3) is 0 Å². The van der Waals surface area contributed by atoms with Crippen LogP contribution in [0.15, 0.2) is 12.7 Å². The van der Waals surface area contributed by atoms with Crippen LogP contribution in [0.25, 0.3) is 0 Å². The summed E-state index contributed by atoms with van der Waals surface area (Å²) in [6.07, 6.45) is 2.52. The third kappa shape index (κ3) is 0.524. The molecule has 0 radical (unpaired) electrons. The van der Waals surface area contributed by atoms with Gasteiger partial charge in [0.15, 0.2) is 0 Å². The lowest BCUT2D eigenvalue weighted by Gasteiger charge is -1.90. The normalized spacial score (nSPS) is 42.8. The molecule has 2 N–H and O–H groups in total. The molecule has 1 saturated carbocycles. The zero-order valence-corrected chi connectivity index (χ0v) is 4.59. The van der Waals surface area contributed by atoms with Crippen LogP contribution in [0.4, 0.5) is 0 Å². The molecule has 1 fully saturated rings. The van der Waals surface area contributed by atoms with E-state index in [1.54, 1.807) is 6.08 Å². The smallest absolute Gasteiger partial charge is 0.111 e. The highest BCUT2D eigenvalue weighted by Gasteiger charge is 2.49. The summed E-state index contributed by atoms with van der Waals surface area (Å²) in [7, 11) is 0. The summed E-state index contributed by atoms with van der Waals surface area (Å²) < 4.78 is 0. The minimum Gasteiger partial charge on any atom is -0.313 e. The highest BCUT2D eigenvalue weighted by atomic mass is 14.8. The molecule has 0 heterocycles. The summed E-state index contributed by atoms with van der Waals surface area (Å²) in [6, 6.07) is 2.02. The quantitative estimate of drug-likeness (QED) is 0.495. The fraction of sp³-hybridized carbons (Fsp3) is 0.500. The molecule has 0 spiro atoms. The molecule has 0 amide bonds. The number of hydrogen-bond acceptors (Lipinski definition) is 2. The third-order valence-electron chi connectivity index (χ3n) is 1.55. The predicted octanol–water partition coefficient (Wildman–Crippen LogP) is 0.413. The van der Waals surface area contributed by atoms with E-state index in [1.807, 2.05) is 6.07 Å². The van der Waals surface area contributed by atoms with Crippen molar-refractivity contribution >= 4 is 0 Å². The summed E-state index contributed by atoms with van der Waals surface area (Å²) in [5.41, 5.74) is 4.91. The Bertz CT molecular complexity index is 156. The molecule has 2 heteroatoms. The molecular formula is C6H8N2. The van der Waals surface area contributed by atoms with Crippen molar-refractivity contribution in [2.45, 2.75) is 12.0 Å². The van der Waals surface area contributed by atoms with Crippen LogP contribution in [-0.2, 0) is 0 Å². The van der Waals surface area contributed by atoms with Crippen molar-refractivity contribution < 1.29 is 0 Å². The van der Waals surface area contributed by atoms with Crippen LogP contribution in [0.5, 0.6) is 0 Å². The van der Waals surface area contributed by atoms with E-state index in [1.165, 1.54) is 0 Å². The molecule has 2 atom stereocenters. The second-order valence-corrected chi connectivity index (χ2v) is 2.20. The Morgan fingerprint density at radius 2 is 2.62 bits per heavy atom. The zero-order valence-electron chi connectivity index (χ0n) is 4.59. The molecule has 0 saturated heterocycles. The van der Waals surface area contributed by atoms with Gasteiger partial charge >= 0.3 is 0 Å². The standard InChI is InChI=1S/C6H8N2/c1-2-5-3-6(5,8)4-7/h2,5H,1,3,8H2/t5-,6+/m0/s1. The lowest BCUT2D eigenvalue weighted by Crippen LogP contribution is -2.21. The molecule has 0 unspecified atom stereocenters. The largest absolute Gasteiger partial charge is 0.313 e. The van der Waals surface area contributed by atoms with Gasteiger partial charge < -0.3 is 5.73 Å². The second kappa shape index (κ2) is 1.33. The van der Waals surface area contributed by atoms with Crippen LogP contribution in [-0.4, -0.2) is 5.54 Å². The van der Waals surface area contributed by atoms with E-state index in [4.69, 9.17) is 11.0 Å². The van der Waals surface area contributed by atoms with Crippen LogP contribution in [0, 0.1) is 17.2 Å². The predicted molar refractivity (Wildman–Crippen MR) is 30.8 cm³/mol. The minimum absolute atomic E-state index is 0.243. The van der Waals surface area contributed by atoms with Gasteiger partial charge in [-0.1, -0.05) is 6.08 Å². The van der Waals surface area contributed by atoms with Crippen molar-refractivity contribution in [1.82, 2.24) is 0 Å². The van der Waals surface area contributed by atoms with Crippen molar-refractivity contribution in [2.24, 2.45) is 11.7 Å². The maximum Gasteiger partial charge on any atom is 0.111 e. The van der Waals surface area contributed by atoms with E-state index in [9.17, 15) is 0 Å². The molecule has 1 aliphatic rings. The average molecular weight is 108 g/mol. The summed E-state index contributed by atoms with van der Waals surface area (Å²) >= 11 is 0. The summed E-state index contributed by atoms with van der Waals surface area (Å²) in [5, 5.41) is 8.34. The first-order chi connectivity index (χ1) is 3.73. The third-order valence-corrected chi connectivity index (χ3v) is 1.55. The van der Waals surface area contributed by atoms with E-state index in [-0.39, 0.29) is 5.92 Å². The van der Waals surface area contributed by atoms with Crippen molar-refractivity contribution in [1.29, 1.82) is 5.26 Å². The first-order valence-corrected chi connectivity index (χ1v) is 2.55. The number of nitrogens with zero attached hydrogens (tertiary/aromatic N) is 1. The molecule has 1 rings (SSSR count). The number of nitrogens with two attached hydrogens (primary N) is 1. The number of rotatable bonds is 1. The Balaban J connectivity index is 2.58.